The highest BCUT2D eigenvalue weighted by Gasteiger charge is 2.27. The second kappa shape index (κ2) is 8.57. The summed E-state index contributed by atoms with van der Waals surface area (Å²) in [6, 6.07) is 13.1. The summed E-state index contributed by atoms with van der Waals surface area (Å²) in [5.74, 6) is -0.277. The maximum absolute atomic E-state index is 13.0. The fourth-order valence-corrected chi connectivity index (χ4v) is 2.84. The summed E-state index contributed by atoms with van der Waals surface area (Å²) in [6.07, 6.45) is 0. The van der Waals surface area contributed by atoms with Crippen molar-refractivity contribution >= 4 is 34.2 Å². The van der Waals surface area contributed by atoms with Gasteiger partial charge in [0.25, 0.3) is 0 Å². The molecule has 3 aromatic rings. The number of hydrogen-bond acceptors (Lipinski definition) is 4. The van der Waals surface area contributed by atoms with Crippen LogP contribution in [-0.2, 0) is 9.59 Å². The van der Waals surface area contributed by atoms with Crippen molar-refractivity contribution in [2.24, 2.45) is 10.8 Å². The largest absolute Gasteiger partial charge is 0.456 e. The van der Waals surface area contributed by atoms with Gasteiger partial charge in [-0.05, 0) is 50.2 Å². The van der Waals surface area contributed by atoms with E-state index in [0.717, 1.165) is 0 Å². The van der Waals surface area contributed by atoms with Crippen LogP contribution in [0.1, 0.15) is 34.6 Å². The molecule has 2 aromatic carbocycles. The van der Waals surface area contributed by atoms with Gasteiger partial charge in [0, 0.05) is 22.7 Å². The molecule has 0 saturated carbocycles. The van der Waals surface area contributed by atoms with E-state index >= 15 is 0 Å². The molecule has 168 valence electrons. The number of benzene rings is 2. The Morgan fingerprint density at radius 3 is 2.19 bits per heavy atom. The van der Waals surface area contributed by atoms with Gasteiger partial charge in [-0.25, -0.2) is 4.39 Å². The Bertz CT molecular complexity index is 1220. The minimum Gasteiger partial charge on any atom is -0.456 e. The Labute approximate surface area is 185 Å². The third-order valence-electron chi connectivity index (χ3n) is 5.06. The summed E-state index contributed by atoms with van der Waals surface area (Å²) >= 11 is 0. The molecule has 0 aliphatic heterocycles. The molecule has 7 heteroatoms. The molecule has 1 aromatic heterocycles. The van der Waals surface area contributed by atoms with Crippen molar-refractivity contribution in [3.05, 3.63) is 58.8 Å². The van der Waals surface area contributed by atoms with Crippen LogP contribution in [0.4, 0.5) is 15.8 Å². The fourth-order valence-electron chi connectivity index (χ4n) is 2.84. The monoisotopic (exact) mass is 438 g/mol. The minimum atomic E-state index is -1.12. The Kier molecular flexibility index (Phi) is 6.21. The summed E-state index contributed by atoms with van der Waals surface area (Å²) < 4.78 is 18.9. The van der Waals surface area contributed by atoms with Gasteiger partial charge in [-0.15, -0.1) is 0 Å². The molecule has 2 amide bonds. The topological polar surface area (TPSA) is 88.4 Å². The van der Waals surface area contributed by atoms with E-state index in [0.29, 0.717) is 33.7 Å². The lowest BCUT2D eigenvalue weighted by molar-refractivity contribution is -0.124. The molecule has 0 aliphatic carbocycles. The van der Waals surface area contributed by atoms with E-state index in [4.69, 9.17) is 4.42 Å². The average molecular weight is 438 g/mol. The van der Waals surface area contributed by atoms with Crippen molar-refractivity contribution in [3.63, 3.8) is 0 Å². The normalized spacial score (nSPS) is 11.9. The predicted octanol–water partition coefficient (Wildman–Crippen LogP) is 5.38. The first-order chi connectivity index (χ1) is 14.9. The number of carbonyl (C=O) groups excluding carboxylic acids is 2. The maximum Gasteiger partial charge on any atom is 0.232 e. The van der Waals surface area contributed by atoms with Gasteiger partial charge in [0.05, 0.1) is 16.5 Å². The van der Waals surface area contributed by atoms with Crippen LogP contribution in [0.15, 0.2) is 57.7 Å². The summed E-state index contributed by atoms with van der Waals surface area (Å²) in [5, 5.41) is 5.78. The van der Waals surface area contributed by atoms with E-state index in [-0.39, 0.29) is 11.3 Å². The molecule has 0 fully saturated rings. The van der Waals surface area contributed by atoms with E-state index in [1.165, 1.54) is 19.9 Å². The molecule has 0 unspecified atom stereocenters. The lowest BCUT2D eigenvalue weighted by Gasteiger charge is -2.19. The predicted molar refractivity (Wildman–Crippen MR) is 124 cm³/mol. The highest BCUT2D eigenvalue weighted by Crippen LogP contribution is 2.28. The molecule has 32 heavy (non-hydrogen) atoms. The zero-order valence-electron chi connectivity index (χ0n) is 18.8. The van der Waals surface area contributed by atoms with Crippen molar-refractivity contribution < 1.29 is 18.4 Å². The number of anilines is 2. The maximum atomic E-state index is 13.0. The van der Waals surface area contributed by atoms with E-state index in [1.807, 2.05) is 0 Å². The molecule has 0 bridgehead atoms. The van der Waals surface area contributed by atoms with Crippen LogP contribution in [0, 0.1) is 10.8 Å². The summed E-state index contributed by atoms with van der Waals surface area (Å²) in [4.78, 5) is 37.4. The van der Waals surface area contributed by atoms with Crippen molar-refractivity contribution in [3.8, 4) is 11.3 Å². The first-order valence-corrected chi connectivity index (χ1v) is 10.3. The van der Waals surface area contributed by atoms with Crippen molar-refractivity contribution in [1.82, 2.24) is 0 Å². The molecule has 0 radical (unpaired) electrons. The second-order valence-electron chi connectivity index (χ2n) is 9.41. The van der Waals surface area contributed by atoms with Crippen LogP contribution < -0.4 is 16.1 Å². The third kappa shape index (κ3) is 4.88. The number of halogens is 1. The van der Waals surface area contributed by atoms with Gasteiger partial charge in [-0.3, -0.25) is 14.4 Å². The molecule has 0 saturated heterocycles. The van der Waals surface area contributed by atoms with Gasteiger partial charge in [0.15, 0.2) is 5.43 Å². The molecule has 6 nitrogen and oxygen atoms in total. The van der Waals surface area contributed by atoms with Gasteiger partial charge in [0.1, 0.15) is 18.0 Å². The zero-order valence-corrected chi connectivity index (χ0v) is 18.8. The molecular formula is C25H27FN2O4. The van der Waals surface area contributed by atoms with E-state index in [2.05, 4.69) is 10.6 Å². The number of carbonyl (C=O) groups is 2. The van der Waals surface area contributed by atoms with E-state index in [9.17, 15) is 18.8 Å². The lowest BCUT2D eigenvalue weighted by atomic mass is 9.94. The Hall–Kier alpha value is -3.48. The van der Waals surface area contributed by atoms with Crippen LogP contribution in [-0.4, -0.2) is 18.5 Å². The quantitative estimate of drug-likeness (QED) is 0.560. The van der Waals surface area contributed by atoms with Crippen LogP contribution >= 0.6 is 0 Å². The van der Waals surface area contributed by atoms with Gasteiger partial charge in [-0.2, -0.15) is 0 Å². The van der Waals surface area contributed by atoms with Crippen molar-refractivity contribution in [2.75, 3.05) is 17.3 Å². The highest BCUT2D eigenvalue weighted by molar-refractivity contribution is 6.02. The van der Waals surface area contributed by atoms with Crippen LogP contribution in [0.25, 0.3) is 22.3 Å². The molecule has 0 atom stereocenters. The molecular weight excluding hydrogens is 411 g/mol. The number of fused-ring (bicyclic) bond motifs is 1. The minimum absolute atomic E-state index is 0.206. The number of hydrogen-bond donors (Lipinski definition) is 2. The SMILES string of the molecule is CC(C)(C)C(=O)Nc1cccc2oc(-c3ccc(NC(=O)C(C)(C)CF)cc3)cc(=O)c12. The number of nitrogens with one attached hydrogen (secondary N) is 2. The summed E-state index contributed by atoms with van der Waals surface area (Å²) in [7, 11) is 0. The lowest BCUT2D eigenvalue weighted by Crippen LogP contribution is -2.32. The van der Waals surface area contributed by atoms with Crippen molar-refractivity contribution in [2.45, 2.75) is 34.6 Å². The number of rotatable bonds is 5. The fraction of sp³-hybridized carbons (Fsp3) is 0.320. The average Bonchev–Trinajstić information content (AvgIpc) is 2.73. The smallest absolute Gasteiger partial charge is 0.232 e. The zero-order chi connectivity index (χ0) is 23.7. The van der Waals surface area contributed by atoms with E-state index < -0.39 is 23.4 Å². The Morgan fingerprint density at radius 2 is 1.59 bits per heavy atom. The first kappa shape index (κ1) is 23.2. The van der Waals surface area contributed by atoms with Crippen LogP contribution in [0.5, 0.6) is 0 Å². The Morgan fingerprint density at radius 1 is 0.938 bits per heavy atom. The standard InChI is InChI=1S/C25H27FN2O4/c1-24(2,3)22(30)28-17-7-6-8-19-21(17)18(29)13-20(32-19)15-9-11-16(12-10-15)27-23(31)25(4,5)14-26/h6-13H,14H2,1-5H3,(H,27,31)(H,28,30). The van der Waals surface area contributed by atoms with Crippen molar-refractivity contribution in [1.29, 1.82) is 0 Å². The molecule has 1 heterocycles. The molecule has 3 rings (SSSR count). The van der Waals surface area contributed by atoms with Gasteiger partial charge in [0.2, 0.25) is 11.8 Å². The highest BCUT2D eigenvalue weighted by atomic mass is 19.1. The molecule has 0 aliphatic rings. The van der Waals surface area contributed by atoms with Gasteiger partial charge < -0.3 is 15.1 Å². The second-order valence-corrected chi connectivity index (χ2v) is 9.41. The third-order valence-corrected chi connectivity index (χ3v) is 5.06. The Balaban J connectivity index is 1.91. The van der Waals surface area contributed by atoms with Crippen LogP contribution in [0.2, 0.25) is 0 Å². The molecule has 0 spiro atoms. The summed E-state index contributed by atoms with van der Waals surface area (Å²) in [6.45, 7) is 7.66. The molecule has 2 N–H and O–H groups in total. The van der Waals surface area contributed by atoms with E-state index in [1.54, 1.807) is 63.2 Å². The van der Waals surface area contributed by atoms with Gasteiger partial charge >= 0.3 is 0 Å². The summed E-state index contributed by atoms with van der Waals surface area (Å²) in [5.41, 5.74) is -0.125. The van der Waals surface area contributed by atoms with Crippen LogP contribution in [0.3, 0.4) is 0 Å². The number of amides is 2. The van der Waals surface area contributed by atoms with Gasteiger partial charge in [-0.1, -0.05) is 26.8 Å². The first-order valence-electron chi connectivity index (χ1n) is 10.3. The number of alkyl halides is 1.